The topological polar surface area (TPSA) is 58.6 Å². The molecular formula is C28H39NO3. The van der Waals surface area contributed by atoms with Gasteiger partial charge in [0.1, 0.15) is 11.5 Å². The number of unbranched alkanes of at least 4 members (excludes halogenated alkanes) is 9. The van der Waals surface area contributed by atoms with Crippen LogP contribution >= 0.6 is 0 Å². The van der Waals surface area contributed by atoms with E-state index >= 15 is 0 Å². The number of aromatic hydroxyl groups is 1. The Morgan fingerprint density at radius 1 is 0.844 bits per heavy atom. The standard InChI is InChI=1S/C28H39NO3/c1-3-4-5-6-7-8-9-10-11-12-21-32-27-19-15-25(16-20-27)29-28(31)22-23(2)24-13-17-26(30)18-14-24/h13-20,22,30H,3-12,21H2,1-2H3,(H,29,31)/b23-22+. The van der Waals surface area contributed by atoms with Crippen LogP contribution in [0.4, 0.5) is 5.69 Å². The fraction of sp³-hybridized carbons (Fsp3) is 0.464. The number of phenols is 1. The number of amides is 1. The average Bonchev–Trinajstić information content (AvgIpc) is 2.79. The molecule has 4 heteroatoms. The third-order valence-corrected chi connectivity index (χ3v) is 5.56. The Kier molecular flexibility index (Phi) is 12.1. The van der Waals surface area contributed by atoms with Crippen LogP contribution in [-0.4, -0.2) is 17.6 Å². The van der Waals surface area contributed by atoms with Gasteiger partial charge in [-0.25, -0.2) is 0 Å². The SMILES string of the molecule is CCCCCCCCCCCCOc1ccc(NC(=O)/C=C(\C)c2ccc(O)cc2)cc1. The number of allylic oxidation sites excluding steroid dienone is 1. The molecule has 174 valence electrons. The first kappa shape index (κ1) is 25.5. The first-order valence-corrected chi connectivity index (χ1v) is 12.1. The molecule has 0 heterocycles. The normalized spacial score (nSPS) is 11.4. The zero-order valence-electron chi connectivity index (χ0n) is 19.7. The minimum absolute atomic E-state index is 0.186. The molecule has 0 saturated carbocycles. The minimum atomic E-state index is -0.186. The van der Waals surface area contributed by atoms with Crippen LogP contribution < -0.4 is 10.1 Å². The van der Waals surface area contributed by atoms with Gasteiger partial charge in [-0.15, -0.1) is 0 Å². The lowest BCUT2D eigenvalue weighted by molar-refractivity contribution is -0.111. The van der Waals surface area contributed by atoms with Crippen LogP contribution in [0.25, 0.3) is 5.57 Å². The van der Waals surface area contributed by atoms with Crippen LogP contribution in [0.1, 0.15) is 83.6 Å². The molecule has 0 bridgehead atoms. The predicted molar refractivity (Wildman–Crippen MR) is 134 cm³/mol. The fourth-order valence-electron chi connectivity index (χ4n) is 3.60. The summed E-state index contributed by atoms with van der Waals surface area (Å²) in [6.45, 7) is 4.86. The summed E-state index contributed by atoms with van der Waals surface area (Å²) in [7, 11) is 0. The van der Waals surface area contributed by atoms with E-state index in [1.165, 1.54) is 57.8 Å². The van der Waals surface area contributed by atoms with E-state index in [4.69, 9.17) is 4.74 Å². The van der Waals surface area contributed by atoms with Crippen molar-refractivity contribution < 1.29 is 14.6 Å². The van der Waals surface area contributed by atoms with Gasteiger partial charge in [0.05, 0.1) is 6.61 Å². The molecule has 0 aliphatic rings. The summed E-state index contributed by atoms with van der Waals surface area (Å²) in [5, 5.41) is 12.2. The maximum atomic E-state index is 12.3. The Hall–Kier alpha value is -2.75. The van der Waals surface area contributed by atoms with Crippen LogP contribution in [-0.2, 0) is 4.79 Å². The lowest BCUT2D eigenvalue weighted by Gasteiger charge is -2.08. The van der Waals surface area contributed by atoms with Gasteiger partial charge in [-0.2, -0.15) is 0 Å². The number of anilines is 1. The van der Waals surface area contributed by atoms with Crippen molar-refractivity contribution in [3.8, 4) is 11.5 Å². The van der Waals surface area contributed by atoms with Gasteiger partial charge in [0, 0.05) is 11.8 Å². The molecule has 4 nitrogen and oxygen atoms in total. The number of benzene rings is 2. The number of hydrogen-bond donors (Lipinski definition) is 2. The molecule has 32 heavy (non-hydrogen) atoms. The van der Waals surface area contributed by atoms with Crippen molar-refractivity contribution in [2.24, 2.45) is 0 Å². The molecule has 1 amide bonds. The second-order valence-corrected chi connectivity index (χ2v) is 8.42. The number of carbonyl (C=O) groups is 1. The van der Waals surface area contributed by atoms with E-state index in [1.54, 1.807) is 30.3 Å². The summed E-state index contributed by atoms with van der Waals surface area (Å²) in [5.74, 6) is 0.853. The quantitative estimate of drug-likeness (QED) is 0.221. The summed E-state index contributed by atoms with van der Waals surface area (Å²) in [4.78, 5) is 12.3. The maximum absolute atomic E-state index is 12.3. The summed E-state index contributed by atoms with van der Waals surface area (Å²) >= 11 is 0. The van der Waals surface area contributed by atoms with Gasteiger partial charge in [-0.1, -0.05) is 76.8 Å². The predicted octanol–water partition coefficient (Wildman–Crippen LogP) is 7.73. The number of ether oxygens (including phenoxy) is 1. The molecule has 0 aromatic heterocycles. The Labute approximate surface area is 193 Å². The van der Waals surface area contributed by atoms with E-state index in [0.717, 1.165) is 35.6 Å². The van der Waals surface area contributed by atoms with Crippen molar-refractivity contribution in [3.63, 3.8) is 0 Å². The van der Waals surface area contributed by atoms with E-state index in [2.05, 4.69) is 12.2 Å². The van der Waals surface area contributed by atoms with E-state index in [1.807, 2.05) is 31.2 Å². The molecule has 0 atom stereocenters. The van der Waals surface area contributed by atoms with E-state index in [0.29, 0.717) is 0 Å². The van der Waals surface area contributed by atoms with Crippen molar-refractivity contribution >= 4 is 17.2 Å². The summed E-state index contributed by atoms with van der Waals surface area (Å²) in [6.07, 6.45) is 14.7. The first-order chi connectivity index (χ1) is 15.6. The monoisotopic (exact) mass is 437 g/mol. The molecule has 2 aromatic carbocycles. The van der Waals surface area contributed by atoms with Gasteiger partial charge >= 0.3 is 0 Å². The number of hydrogen-bond acceptors (Lipinski definition) is 3. The number of nitrogens with one attached hydrogen (secondary N) is 1. The second-order valence-electron chi connectivity index (χ2n) is 8.42. The molecule has 2 rings (SSSR count). The Bertz CT molecular complexity index is 810. The summed E-state index contributed by atoms with van der Waals surface area (Å²) in [6, 6.07) is 14.3. The molecule has 0 saturated heterocycles. The zero-order chi connectivity index (χ0) is 23.0. The Morgan fingerprint density at radius 3 is 2.00 bits per heavy atom. The molecule has 2 aromatic rings. The van der Waals surface area contributed by atoms with Crippen molar-refractivity contribution in [2.75, 3.05) is 11.9 Å². The van der Waals surface area contributed by atoms with Crippen LogP contribution in [0.5, 0.6) is 11.5 Å². The lowest BCUT2D eigenvalue weighted by atomic mass is 10.1. The van der Waals surface area contributed by atoms with Crippen LogP contribution in [0.2, 0.25) is 0 Å². The summed E-state index contributed by atoms with van der Waals surface area (Å²) < 4.78 is 5.82. The Morgan fingerprint density at radius 2 is 1.41 bits per heavy atom. The van der Waals surface area contributed by atoms with Crippen molar-refractivity contribution in [2.45, 2.75) is 78.1 Å². The van der Waals surface area contributed by atoms with Gasteiger partial charge < -0.3 is 15.2 Å². The summed E-state index contributed by atoms with van der Waals surface area (Å²) in [5.41, 5.74) is 2.46. The zero-order valence-corrected chi connectivity index (χ0v) is 19.7. The van der Waals surface area contributed by atoms with Gasteiger partial charge in [-0.05, 0) is 60.9 Å². The van der Waals surface area contributed by atoms with E-state index in [-0.39, 0.29) is 11.7 Å². The van der Waals surface area contributed by atoms with Crippen LogP contribution in [0, 0.1) is 0 Å². The molecular weight excluding hydrogens is 398 g/mol. The highest BCUT2D eigenvalue weighted by molar-refractivity contribution is 6.03. The highest BCUT2D eigenvalue weighted by Crippen LogP contribution is 2.19. The molecule has 2 N–H and O–H groups in total. The van der Waals surface area contributed by atoms with Crippen LogP contribution in [0.3, 0.4) is 0 Å². The molecule has 0 aliphatic carbocycles. The van der Waals surface area contributed by atoms with Crippen molar-refractivity contribution in [1.82, 2.24) is 0 Å². The molecule has 0 aliphatic heterocycles. The number of phenolic OH excluding ortho intramolecular Hbond substituents is 1. The molecule has 0 radical (unpaired) electrons. The number of carbonyl (C=O) groups excluding carboxylic acids is 1. The van der Waals surface area contributed by atoms with Crippen LogP contribution in [0.15, 0.2) is 54.6 Å². The highest BCUT2D eigenvalue weighted by Gasteiger charge is 2.03. The second kappa shape index (κ2) is 15.1. The lowest BCUT2D eigenvalue weighted by Crippen LogP contribution is -2.08. The number of rotatable bonds is 15. The van der Waals surface area contributed by atoms with Gasteiger partial charge in [0.2, 0.25) is 5.91 Å². The average molecular weight is 438 g/mol. The van der Waals surface area contributed by atoms with Crippen molar-refractivity contribution in [3.05, 3.63) is 60.2 Å². The van der Waals surface area contributed by atoms with Crippen molar-refractivity contribution in [1.29, 1.82) is 0 Å². The maximum Gasteiger partial charge on any atom is 0.248 e. The molecule has 0 unspecified atom stereocenters. The van der Waals surface area contributed by atoms with Gasteiger partial charge in [-0.3, -0.25) is 4.79 Å². The third kappa shape index (κ3) is 10.5. The largest absolute Gasteiger partial charge is 0.508 e. The fourth-order valence-corrected chi connectivity index (χ4v) is 3.60. The highest BCUT2D eigenvalue weighted by atomic mass is 16.5. The molecule has 0 fully saturated rings. The first-order valence-electron chi connectivity index (χ1n) is 12.1. The van der Waals surface area contributed by atoms with E-state index in [9.17, 15) is 9.90 Å². The minimum Gasteiger partial charge on any atom is -0.508 e. The van der Waals surface area contributed by atoms with Gasteiger partial charge in [0.15, 0.2) is 0 Å². The van der Waals surface area contributed by atoms with E-state index < -0.39 is 0 Å². The smallest absolute Gasteiger partial charge is 0.248 e. The Balaban J connectivity index is 1.61. The molecule has 0 spiro atoms. The van der Waals surface area contributed by atoms with Gasteiger partial charge in [0.25, 0.3) is 0 Å². The third-order valence-electron chi connectivity index (χ3n) is 5.56.